The third-order valence-corrected chi connectivity index (χ3v) is 2.84. The number of aryl methyl sites for hydroxylation is 1. The van der Waals surface area contributed by atoms with Gasteiger partial charge in [-0.25, -0.2) is 0 Å². The monoisotopic (exact) mass is 266 g/mol. The highest BCUT2D eigenvalue weighted by molar-refractivity contribution is 7.80. The predicted molar refractivity (Wildman–Crippen MR) is 61.0 cm³/mol. The fourth-order valence-corrected chi connectivity index (χ4v) is 1.69. The zero-order chi connectivity index (χ0) is 13.2. The van der Waals surface area contributed by atoms with E-state index in [9.17, 15) is 23.4 Å². The van der Waals surface area contributed by atoms with Gasteiger partial charge in [0.25, 0.3) is 0 Å². The molecule has 2 unspecified atom stereocenters. The van der Waals surface area contributed by atoms with E-state index in [1.807, 2.05) is 0 Å². The maximum Gasteiger partial charge on any atom is 0.416 e. The summed E-state index contributed by atoms with van der Waals surface area (Å²) in [5.74, 6) is 0.0294. The Hall–Kier alpha value is -0.720. The van der Waals surface area contributed by atoms with E-state index in [-0.39, 0.29) is 16.9 Å². The largest absolute Gasteiger partial charge is 0.416 e. The Balaban J connectivity index is 3.06. The summed E-state index contributed by atoms with van der Waals surface area (Å²) >= 11 is 3.82. The molecule has 0 amide bonds. The molecule has 0 saturated heterocycles. The molecule has 1 aromatic carbocycles. The van der Waals surface area contributed by atoms with Gasteiger partial charge in [0.1, 0.15) is 6.10 Å². The summed E-state index contributed by atoms with van der Waals surface area (Å²) in [6.07, 6.45) is -6.74. The van der Waals surface area contributed by atoms with Crippen LogP contribution in [0, 0.1) is 6.92 Å². The fourth-order valence-electron chi connectivity index (χ4n) is 1.49. The summed E-state index contributed by atoms with van der Waals surface area (Å²) in [4.78, 5) is 0. The standard InChI is InChI=1S/C11H13F3O2S/c1-6-4-7(11(12,13)14)2-3-8(6)10(16)9(15)5-17/h2-4,9-10,15-17H,5H2,1H3. The lowest BCUT2D eigenvalue weighted by atomic mass is 9.98. The molecule has 2 nitrogen and oxygen atoms in total. The molecule has 0 aromatic heterocycles. The van der Waals surface area contributed by atoms with Gasteiger partial charge in [-0.15, -0.1) is 0 Å². The van der Waals surface area contributed by atoms with Crippen LogP contribution in [-0.2, 0) is 6.18 Å². The molecular weight excluding hydrogens is 253 g/mol. The Kier molecular flexibility index (Phi) is 4.46. The van der Waals surface area contributed by atoms with Crippen LogP contribution in [0.5, 0.6) is 0 Å². The highest BCUT2D eigenvalue weighted by atomic mass is 32.1. The average molecular weight is 266 g/mol. The van der Waals surface area contributed by atoms with Crippen molar-refractivity contribution in [2.24, 2.45) is 0 Å². The molecule has 0 spiro atoms. The summed E-state index contributed by atoms with van der Waals surface area (Å²) < 4.78 is 37.2. The molecule has 2 atom stereocenters. The van der Waals surface area contributed by atoms with Crippen molar-refractivity contribution in [3.63, 3.8) is 0 Å². The minimum Gasteiger partial charge on any atom is -0.389 e. The lowest BCUT2D eigenvalue weighted by Gasteiger charge is -2.19. The average Bonchev–Trinajstić information content (AvgIpc) is 2.25. The van der Waals surface area contributed by atoms with E-state index in [4.69, 9.17) is 0 Å². The Bertz CT molecular complexity index is 393. The van der Waals surface area contributed by atoms with Gasteiger partial charge in [0.2, 0.25) is 0 Å². The minimum atomic E-state index is -4.41. The van der Waals surface area contributed by atoms with E-state index in [0.29, 0.717) is 0 Å². The summed E-state index contributed by atoms with van der Waals surface area (Å²) in [6, 6.07) is 3.01. The topological polar surface area (TPSA) is 40.5 Å². The van der Waals surface area contributed by atoms with Gasteiger partial charge < -0.3 is 10.2 Å². The van der Waals surface area contributed by atoms with Gasteiger partial charge in [0.05, 0.1) is 11.7 Å². The van der Waals surface area contributed by atoms with E-state index in [2.05, 4.69) is 12.6 Å². The zero-order valence-electron chi connectivity index (χ0n) is 9.07. The number of halogens is 3. The Morgan fingerprint density at radius 1 is 1.29 bits per heavy atom. The van der Waals surface area contributed by atoms with Gasteiger partial charge in [0, 0.05) is 5.75 Å². The second-order valence-corrected chi connectivity index (χ2v) is 4.13. The number of rotatable bonds is 3. The van der Waals surface area contributed by atoms with Gasteiger partial charge in [-0.1, -0.05) is 6.07 Å². The van der Waals surface area contributed by atoms with Crippen LogP contribution < -0.4 is 0 Å². The van der Waals surface area contributed by atoms with Crippen molar-refractivity contribution in [3.05, 3.63) is 34.9 Å². The van der Waals surface area contributed by atoms with Gasteiger partial charge in [-0.3, -0.25) is 0 Å². The van der Waals surface area contributed by atoms with E-state index in [1.165, 1.54) is 13.0 Å². The summed E-state index contributed by atoms with van der Waals surface area (Å²) in [5, 5.41) is 19.1. The molecule has 0 saturated carbocycles. The highest BCUT2D eigenvalue weighted by Gasteiger charge is 2.31. The van der Waals surface area contributed by atoms with Crippen LogP contribution in [0.15, 0.2) is 18.2 Å². The molecule has 96 valence electrons. The van der Waals surface area contributed by atoms with Crippen molar-refractivity contribution < 1.29 is 23.4 Å². The van der Waals surface area contributed by atoms with Crippen molar-refractivity contribution in [1.29, 1.82) is 0 Å². The first-order chi connectivity index (χ1) is 7.77. The first-order valence-electron chi connectivity index (χ1n) is 4.92. The lowest BCUT2D eigenvalue weighted by molar-refractivity contribution is -0.137. The first kappa shape index (κ1) is 14.3. The molecule has 1 aromatic rings. The van der Waals surface area contributed by atoms with Crippen molar-refractivity contribution in [2.45, 2.75) is 25.3 Å². The molecule has 0 aliphatic rings. The molecule has 1 rings (SSSR count). The van der Waals surface area contributed by atoms with E-state index in [0.717, 1.165) is 12.1 Å². The molecule has 0 aliphatic heterocycles. The third kappa shape index (κ3) is 3.37. The SMILES string of the molecule is Cc1cc(C(F)(F)F)ccc1C(O)C(O)CS. The van der Waals surface area contributed by atoms with E-state index in [1.54, 1.807) is 0 Å². The number of hydrogen-bond acceptors (Lipinski definition) is 3. The summed E-state index contributed by atoms with van der Waals surface area (Å²) in [7, 11) is 0. The maximum absolute atomic E-state index is 12.4. The minimum absolute atomic E-state index is 0.0294. The molecule has 0 bridgehead atoms. The van der Waals surface area contributed by atoms with E-state index < -0.39 is 23.9 Å². The molecule has 2 N–H and O–H groups in total. The molecule has 0 fully saturated rings. The molecule has 6 heteroatoms. The second-order valence-electron chi connectivity index (χ2n) is 3.76. The van der Waals surface area contributed by atoms with Crippen LogP contribution in [0.1, 0.15) is 22.8 Å². The lowest BCUT2D eigenvalue weighted by Crippen LogP contribution is -2.21. The summed E-state index contributed by atoms with van der Waals surface area (Å²) in [6.45, 7) is 1.46. The Morgan fingerprint density at radius 2 is 1.88 bits per heavy atom. The normalized spacial score (nSPS) is 15.7. The number of alkyl halides is 3. The third-order valence-electron chi connectivity index (χ3n) is 2.47. The number of aliphatic hydroxyl groups excluding tert-OH is 2. The van der Waals surface area contributed by atoms with Crippen LogP contribution >= 0.6 is 12.6 Å². The zero-order valence-corrected chi connectivity index (χ0v) is 9.96. The number of benzene rings is 1. The van der Waals surface area contributed by atoms with Crippen LogP contribution in [0.3, 0.4) is 0 Å². The molecular formula is C11H13F3O2S. The van der Waals surface area contributed by atoms with Crippen LogP contribution in [0.4, 0.5) is 13.2 Å². The predicted octanol–water partition coefficient (Wildman–Crippen LogP) is 2.34. The number of aliphatic hydroxyl groups is 2. The van der Waals surface area contributed by atoms with Crippen LogP contribution in [0.25, 0.3) is 0 Å². The van der Waals surface area contributed by atoms with Gasteiger partial charge in [-0.05, 0) is 30.2 Å². The molecule has 0 radical (unpaired) electrons. The van der Waals surface area contributed by atoms with Crippen LogP contribution in [0.2, 0.25) is 0 Å². The van der Waals surface area contributed by atoms with Crippen molar-refractivity contribution in [1.82, 2.24) is 0 Å². The second kappa shape index (κ2) is 5.29. The highest BCUT2D eigenvalue weighted by Crippen LogP contribution is 2.32. The van der Waals surface area contributed by atoms with Crippen molar-refractivity contribution in [3.8, 4) is 0 Å². The smallest absolute Gasteiger partial charge is 0.389 e. The fraction of sp³-hybridized carbons (Fsp3) is 0.455. The van der Waals surface area contributed by atoms with Crippen molar-refractivity contribution >= 4 is 12.6 Å². The number of hydrogen-bond donors (Lipinski definition) is 3. The van der Waals surface area contributed by atoms with Crippen molar-refractivity contribution in [2.75, 3.05) is 5.75 Å². The molecule has 0 aliphatic carbocycles. The first-order valence-corrected chi connectivity index (χ1v) is 5.55. The Labute approximate surface area is 102 Å². The quantitative estimate of drug-likeness (QED) is 0.735. The van der Waals surface area contributed by atoms with Gasteiger partial charge in [-0.2, -0.15) is 25.8 Å². The van der Waals surface area contributed by atoms with Crippen LogP contribution in [-0.4, -0.2) is 22.1 Å². The molecule has 0 heterocycles. The Morgan fingerprint density at radius 3 is 2.29 bits per heavy atom. The van der Waals surface area contributed by atoms with E-state index >= 15 is 0 Å². The summed E-state index contributed by atoms with van der Waals surface area (Å²) in [5.41, 5.74) is -0.209. The maximum atomic E-state index is 12.4. The number of thiol groups is 1. The van der Waals surface area contributed by atoms with Gasteiger partial charge in [0.15, 0.2) is 0 Å². The van der Waals surface area contributed by atoms with Gasteiger partial charge >= 0.3 is 6.18 Å². The molecule has 17 heavy (non-hydrogen) atoms.